The first-order chi connectivity index (χ1) is 14.0. The number of anilines is 1. The molecule has 30 heavy (non-hydrogen) atoms. The molecule has 2 aromatic carbocycles. The number of carbonyl (C=O) groups is 1. The normalized spacial score (nSPS) is 13.0. The molecule has 0 bridgehead atoms. The molecule has 164 valence electrons. The van der Waals surface area contributed by atoms with Gasteiger partial charge in [0.05, 0.1) is 21.2 Å². The predicted octanol–water partition coefficient (Wildman–Crippen LogP) is 4.86. The molecule has 5 nitrogen and oxygen atoms in total. The molecule has 10 heteroatoms. The second-order valence-corrected chi connectivity index (χ2v) is 9.02. The largest absolute Gasteiger partial charge is 0.416 e. The second kappa shape index (κ2) is 9.70. The van der Waals surface area contributed by atoms with E-state index in [0.29, 0.717) is 16.8 Å². The monoisotopic (exact) mass is 462 g/mol. The summed E-state index contributed by atoms with van der Waals surface area (Å²) >= 11 is 6.07. The highest BCUT2D eigenvalue weighted by molar-refractivity contribution is 7.92. The molecule has 1 amide bonds. The lowest BCUT2D eigenvalue weighted by Crippen LogP contribution is -2.43. The summed E-state index contributed by atoms with van der Waals surface area (Å²) in [5.74, 6) is -0.649. The van der Waals surface area contributed by atoms with Gasteiger partial charge in [-0.15, -0.1) is 0 Å². The first kappa shape index (κ1) is 24.0. The Kier molecular flexibility index (Phi) is 7.76. The number of halogens is 4. The number of amides is 1. The number of hydrogen-bond donors (Lipinski definition) is 1. The van der Waals surface area contributed by atoms with Gasteiger partial charge in [-0.25, -0.2) is 8.42 Å². The quantitative estimate of drug-likeness (QED) is 0.609. The molecular weight excluding hydrogens is 441 g/mol. The van der Waals surface area contributed by atoms with Crippen LogP contribution in [0.5, 0.6) is 0 Å². The number of nitrogens with zero attached hydrogens (tertiary/aromatic N) is 1. The van der Waals surface area contributed by atoms with Crippen molar-refractivity contribution >= 4 is 33.2 Å². The van der Waals surface area contributed by atoms with Crippen LogP contribution in [0.2, 0.25) is 5.02 Å². The lowest BCUT2D eigenvalue weighted by atomic mass is 10.2. The van der Waals surface area contributed by atoms with Crippen molar-refractivity contribution in [1.29, 1.82) is 0 Å². The maximum atomic E-state index is 13.2. The van der Waals surface area contributed by atoms with Crippen molar-refractivity contribution in [3.05, 3.63) is 59.1 Å². The molecule has 0 radical (unpaired) electrons. The van der Waals surface area contributed by atoms with E-state index in [-0.39, 0.29) is 16.0 Å². The highest BCUT2D eigenvalue weighted by Gasteiger charge is 2.34. The molecule has 0 heterocycles. The van der Waals surface area contributed by atoms with Crippen molar-refractivity contribution in [2.75, 3.05) is 10.8 Å². The van der Waals surface area contributed by atoms with Crippen LogP contribution in [-0.2, 0) is 21.0 Å². The van der Waals surface area contributed by atoms with Crippen molar-refractivity contribution in [1.82, 2.24) is 5.32 Å². The van der Waals surface area contributed by atoms with E-state index in [1.165, 1.54) is 24.3 Å². The van der Waals surface area contributed by atoms with E-state index in [4.69, 9.17) is 11.6 Å². The van der Waals surface area contributed by atoms with Crippen molar-refractivity contribution in [2.24, 2.45) is 0 Å². The SMILES string of the molecule is CCC[C@H](C)NC(=O)CN(c1cc(C(F)(F)F)ccc1Cl)S(=O)(=O)c1ccccc1. The maximum absolute atomic E-state index is 13.2. The van der Waals surface area contributed by atoms with Gasteiger partial charge in [0.25, 0.3) is 10.0 Å². The molecule has 1 N–H and O–H groups in total. The standard InChI is InChI=1S/C20H22ClF3N2O3S/c1-3-7-14(2)25-19(27)13-26(30(28,29)16-8-5-4-6-9-16)18-12-15(20(22,23)24)10-11-17(18)21/h4-6,8-12,14H,3,7,13H2,1-2H3,(H,25,27)/t14-/m0/s1. The summed E-state index contributed by atoms with van der Waals surface area (Å²) in [7, 11) is -4.36. The zero-order valence-corrected chi connectivity index (χ0v) is 18.0. The van der Waals surface area contributed by atoms with E-state index in [1.807, 2.05) is 6.92 Å². The van der Waals surface area contributed by atoms with Gasteiger partial charge in [0.1, 0.15) is 6.54 Å². The average molecular weight is 463 g/mol. The van der Waals surface area contributed by atoms with Crippen LogP contribution in [0.4, 0.5) is 18.9 Å². The van der Waals surface area contributed by atoms with Crippen molar-refractivity contribution in [2.45, 2.75) is 43.8 Å². The predicted molar refractivity (Wildman–Crippen MR) is 110 cm³/mol. The molecule has 0 saturated heterocycles. The van der Waals surface area contributed by atoms with Gasteiger partial charge >= 0.3 is 6.18 Å². The number of rotatable bonds is 8. The van der Waals surface area contributed by atoms with E-state index in [0.717, 1.165) is 18.6 Å². The van der Waals surface area contributed by atoms with Crippen LogP contribution in [0.25, 0.3) is 0 Å². The lowest BCUT2D eigenvalue weighted by molar-refractivity contribution is -0.137. The molecule has 0 aliphatic heterocycles. The summed E-state index contributed by atoms with van der Waals surface area (Å²) in [5.41, 5.74) is -1.50. The fourth-order valence-corrected chi connectivity index (χ4v) is 4.58. The van der Waals surface area contributed by atoms with Crippen LogP contribution in [0.3, 0.4) is 0 Å². The Labute approximate surface area is 178 Å². The van der Waals surface area contributed by atoms with Gasteiger partial charge in [-0.05, 0) is 43.7 Å². The van der Waals surface area contributed by atoms with E-state index >= 15 is 0 Å². The zero-order chi connectivity index (χ0) is 22.5. The Bertz CT molecular complexity index is 983. The highest BCUT2D eigenvalue weighted by Crippen LogP contribution is 2.37. The Morgan fingerprint density at radius 1 is 1.17 bits per heavy atom. The third-order valence-corrected chi connectivity index (χ3v) is 6.38. The average Bonchev–Trinajstić information content (AvgIpc) is 2.66. The number of benzene rings is 2. The number of carbonyl (C=O) groups excluding carboxylic acids is 1. The second-order valence-electron chi connectivity index (χ2n) is 6.75. The van der Waals surface area contributed by atoms with E-state index < -0.39 is 39.9 Å². The van der Waals surface area contributed by atoms with E-state index in [1.54, 1.807) is 13.0 Å². The zero-order valence-electron chi connectivity index (χ0n) is 16.4. The van der Waals surface area contributed by atoms with Crippen molar-refractivity contribution in [3.63, 3.8) is 0 Å². The van der Waals surface area contributed by atoms with Crippen molar-refractivity contribution < 1.29 is 26.4 Å². The fourth-order valence-electron chi connectivity index (χ4n) is 2.86. The van der Waals surface area contributed by atoms with Crippen LogP contribution in [0.15, 0.2) is 53.4 Å². The topological polar surface area (TPSA) is 66.5 Å². The van der Waals surface area contributed by atoms with E-state index in [9.17, 15) is 26.4 Å². The Morgan fingerprint density at radius 3 is 2.37 bits per heavy atom. The van der Waals surface area contributed by atoms with Crippen LogP contribution in [0.1, 0.15) is 32.3 Å². The first-order valence-electron chi connectivity index (χ1n) is 9.20. The van der Waals surface area contributed by atoms with Crippen LogP contribution in [0, 0.1) is 0 Å². The minimum atomic E-state index is -4.71. The van der Waals surface area contributed by atoms with Gasteiger partial charge in [0.15, 0.2) is 0 Å². The molecule has 0 spiro atoms. The molecular formula is C20H22ClF3N2O3S. The third kappa shape index (κ3) is 5.89. The van der Waals surface area contributed by atoms with Crippen LogP contribution < -0.4 is 9.62 Å². The number of nitrogens with one attached hydrogen (secondary N) is 1. The minimum absolute atomic E-state index is 0.173. The summed E-state index contributed by atoms with van der Waals surface area (Å²) in [5, 5.41) is 2.43. The molecule has 0 unspecified atom stereocenters. The first-order valence-corrected chi connectivity index (χ1v) is 11.0. The van der Waals surface area contributed by atoms with Gasteiger partial charge in [-0.2, -0.15) is 13.2 Å². The van der Waals surface area contributed by atoms with Gasteiger partial charge in [-0.3, -0.25) is 9.10 Å². The molecule has 0 aromatic heterocycles. The van der Waals surface area contributed by atoms with Gasteiger partial charge in [0, 0.05) is 6.04 Å². The molecule has 0 aliphatic carbocycles. The Morgan fingerprint density at radius 2 is 1.80 bits per heavy atom. The fraction of sp³-hybridized carbons (Fsp3) is 0.350. The molecule has 2 rings (SSSR count). The summed E-state index contributed by atoms with van der Waals surface area (Å²) in [6.45, 7) is 2.97. The van der Waals surface area contributed by atoms with Crippen LogP contribution >= 0.6 is 11.6 Å². The number of sulfonamides is 1. The Hall–Kier alpha value is -2.26. The molecule has 0 aliphatic rings. The molecule has 0 fully saturated rings. The minimum Gasteiger partial charge on any atom is -0.352 e. The van der Waals surface area contributed by atoms with Crippen LogP contribution in [-0.4, -0.2) is 26.9 Å². The summed E-state index contributed by atoms with van der Waals surface area (Å²) in [4.78, 5) is 12.3. The number of hydrogen-bond acceptors (Lipinski definition) is 3. The highest BCUT2D eigenvalue weighted by atomic mass is 35.5. The van der Waals surface area contributed by atoms with Gasteiger partial charge < -0.3 is 5.32 Å². The lowest BCUT2D eigenvalue weighted by Gasteiger charge is -2.26. The maximum Gasteiger partial charge on any atom is 0.416 e. The molecule has 2 aromatic rings. The molecule has 1 atom stereocenters. The molecule has 0 saturated carbocycles. The summed E-state index contributed by atoms with van der Waals surface area (Å²) < 4.78 is 66.6. The Balaban J connectivity index is 2.54. The van der Waals surface area contributed by atoms with Gasteiger partial charge in [-0.1, -0.05) is 43.1 Å². The third-order valence-electron chi connectivity index (χ3n) is 4.29. The summed E-state index contributed by atoms with van der Waals surface area (Å²) in [6, 6.07) is 9.26. The summed E-state index contributed by atoms with van der Waals surface area (Å²) in [6.07, 6.45) is -3.24. The smallest absolute Gasteiger partial charge is 0.352 e. The van der Waals surface area contributed by atoms with Crippen molar-refractivity contribution in [3.8, 4) is 0 Å². The van der Waals surface area contributed by atoms with Gasteiger partial charge in [0.2, 0.25) is 5.91 Å². The number of alkyl halides is 3. The van der Waals surface area contributed by atoms with E-state index in [2.05, 4.69) is 5.32 Å².